The van der Waals surface area contributed by atoms with E-state index in [1.165, 1.54) is 0 Å². The van der Waals surface area contributed by atoms with Crippen LogP contribution in [0.2, 0.25) is 0 Å². The van der Waals surface area contributed by atoms with Crippen LogP contribution in [0.5, 0.6) is 5.75 Å². The number of aliphatic carboxylic acids is 1. The third-order valence-electron chi connectivity index (χ3n) is 4.04. The molecule has 0 spiro atoms. The maximum atomic E-state index is 12.4. The van der Waals surface area contributed by atoms with E-state index >= 15 is 0 Å². The van der Waals surface area contributed by atoms with Crippen LogP contribution in [0.15, 0.2) is 24.3 Å². The van der Waals surface area contributed by atoms with Gasteiger partial charge in [0, 0.05) is 19.5 Å². The molecule has 0 aromatic heterocycles. The zero-order valence-electron chi connectivity index (χ0n) is 13.1. The van der Waals surface area contributed by atoms with Gasteiger partial charge in [-0.25, -0.2) is 0 Å². The van der Waals surface area contributed by atoms with E-state index in [4.69, 9.17) is 9.84 Å². The molecular formula is C17H23NO4. The Labute approximate surface area is 130 Å². The smallest absolute Gasteiger partial charge is 0.303 e. The van der Waals surface area contributed by atoms with Gasteiger partial charge in [0.2, 0.25) is 0 Å². The Bertz CT molecular complexity index is 535. The molecule has 1 aliphatic heterocycles. The van der Waals surface area contributed by atoms with Crippen LogP contribution < -0.4 is 4.74 Å². The van der Waals surface area contributed by atoms with Crippen molar-refractivity contribution < 1.29 is 19.4 Å². The third-order valence-corrected chi connectivity index (χ3v) is 4.04. The maximum Gasteiger partial charge on any atom is 0.303 e. The van der Waals surface area contributed by atoms with E-state index in [0.717, 1.165) is 18.4 Å². The number of ether oxygens (including phenoxy) is 1. The molecule has 1 aromatic carbocycles. The molecule has 0 radical (unpaired) electrons. The molecule has 1 unspecified atom stereocenters. The molecule has 0 saturated carbocycles. The number of hydrogen-bond donors (Lipinski definition) is 1. The molecular weight excluding hydrogens is 282 g/mol. The van der Waals surface area contributed by atoms with Crippen molar-refractivity contribution in [2.45, 2.75) is 39.2 Å². The molecule has 0 bridgehead atoms. The lowest BCUT2D eigenvalue weighted by molar-refractivity contribution is -0.140. The molecule has 1 amide bonds. The normalized spacial score (nSPS) is 17.1. The van der Waals surface area contributed by atoms with Crippen molar-refractivity contribution in [2.75, 3.05) is 13.1 Å². The van der Waals surface area contributed by atoms with Gasteiger partial charge in [0.25, 0.3) is 5.91 Å². The van der Waals surface area contributed by atoms with Crippen LogP contribution in [0.1, 0.15) is 31.7 Å². The van der Waals surface area contributed by atoms with Gasteiger partial charge in [-0.3, -0.25) is 9.59 Å². The zero-order chi connectivity index (χ0) is 16.1. The summed E-state index contributed by atoms with van der Waals surface area (Å²) in [6, 6.07) is 7.63. The Kier molecular flexibility index (Phi) is 5.41. The van der Waals surface area contributed by atoms with E-state index in [0.29, 0.717) is 18.8 Å². The lowest BCUT2D eigenvalue weighted by atomic mass is 9.93. The number of hydrogen-bond acceptors (Lipinski definition) is 3. The number of nitrogens with zero attached hydrogens (tertiary/aromatic N) is 1. The zero-order valence-corrected chi connectivity index (χ0v) is 13.1. The van der Waals surface area contributed by atoms with Crippen molar-refractivity contribution in [3.05, 3.63) is 29.8 Å². The molecule has 5 nitrogen and oxygen atoms in total. The fraction of sp³-hybridized carbons (Fsp3) is 0.529. The molecule has 2 rings (SSSR count). The topological polar surface area (TPSA) is 66.8 Å². The van der Waals surface area contributed by atoms with Crippen molar-refractivity contribution >= 4 is 11.9 Å². The molecule has 1 aromatic rings. The van der Waals surface area contributed by atoms with Gasteiger partial charge in [-0.2, -0.15) is 0 Å². The first-order chi connectivity index (χ1) is 10.5. The van der Waals surface area contributed by atoms with Crippen LogP contribution in [0.4, 0.5) is 0 Å². The second kappa shape index (κ2) is 7.29. The summed E-state index contributed by atoms with van der Waals surface area (Å²) in [7, 11) is 0. The number of carboxylic acid groups (broad SMARTS) is 1. The molecule has 0 aliphatic carbocycles. The number of aryl methyl sites for hydroxylation is 1. The monoisotopic (exact) mass is 305 g/mol. The predicted octanol–water partition coefficient (Wildman–Crippen LogP) is 2.48. The summed E-state index contributed by atoms with van der Waals surface area (Å²) in [5.74, 6) is 0.0763. The fourth-order valence-corrected chi connectivity index (χ4v) is 2.80. The summed E-state index contributed by atoms with van der Waals surface area (Å²) in [5.41, 5.74) is 1.09. The van der Waals surface area contributed by atoms with Gasteiger partial charge in [-0.1, -0.05) is 12.1 Å². The van der Waals surface area contributed by atoms with Crippen LogP contribution in [-0.2, 0) is 9.59 Å². The Morgan fingerprint density at radius 3 is 2.64 bits per heavy atom. The van der Waals surface area contributed by atoms with E-state index in [1.54, 1.807) is 11.8 Å². The highest BCUT2D eigenvalue weighted by molar-refractivity contribution is 5.81. The van der Waals surface area contributed by atoms with Crippen molar-refractivity contribution in [1.29, 1.82) is 0 Å². The predicted molar refractivity (Wildman–Crippen MR) is 82.8 cm³/mol. The number of carbonyl (C=O) groups is 2. The summed E-state index contributed by atoms with van der Waals surface area (Å²) in [6.45, 7) is 4.96. The standard InChI is InChI=1S/C17H23NO4/c1-12-4-3-5-15(10-12)22-13(2)17(21)18-8-6-14(7-9-18)11-16(19)20/h3-5,10,13-14H,6-9,11H2,1-2H3,(H,19,20). The Hall–Kier alpha value is -2.04. The number of carboxylic acids is 1. The summed E-state index contributed by atoms with van der Waals surface area (Å²) in [4.78, 5) is 24.9. The average molecular weight is 305 g/mol. The third kappa shape index (κ3) is 4.48. The molecule has 1 atom stereocenters. The molecule has 1 fully saturated rings. The Morgan fingerprint density at radius 2 is 2.05 bits per heavy atom. The fourth-order valence-electron chi connectivity index (χ4n) is 2.80. The molecule has 22 heavy (non-hydrogen) atoms. The van der Waals surface area contributed by atoms with Gasteiger partial charge in [-0.15, -0.1) is 0 Å². The van der Waals surface area contributed by atoms with Crippen molar-refractivity contribution in [3.63, 3.8) is 0 Å². The van der Waals surface area contributed by atoms with Crippen molar-refractivity contribution in [1.82, 2.24) is 4.90 Å². The largest absolute Gasteiger partial charge is 0.481 e. The second-order valence-electron chi connectivity index (χ2n) is 5.94. The highest BCUT2D eigenvalue weighted by Gasteiger charge is 2.27. The van der Waals surface area contributed by atoms with E-state index in [9.17, 15) is 9.59 Å². The first-order valence-electron chi connectivity index (χ1n) is 7.69. The molecule has 1 saturated heterocycles. The lowest BCUT2D eigenvalue weighted by Gasteiger charge is -2.33. The summed E-state index contributed by atoms with van der Waals surface area (Å²) in [5, 5.41) is 8.81. The van der Waals surface area contributed by atoms with Crippen LogP contribution in [0.3, 0.4) is 0 Å². The van der Waals surface area contributed by atoms with E-state index in [2.05, 4.69) is 0 Å². The summed E-state index contributed by atoms with van der Waals surface area (Å²) in [6.07, 6.45) is 1.15. The second-order valence-corrected chi connectivity index (χ2v) is 5.94. The van der Waals surface area contributed by atoms with Crippen LogP contribution in [0, 0.1) is 12.8 Å². The number of carbonyl (C=O) groups excluding carboxylic acids is 1. The number of benzene rings is 1. The molecule has 1 heterocycles. The number of rotatable bonds is 5. The minimum absolute atomic E-state index is 0.0321. The SMILES string of the molecule is Cc1cccc(OC(C)C(=O)N2CCC(CC(=O)O)CC2)c1. The molecule has 5 heteroatoms. The van der Waals surface area contributed by atoms with E-state index in [1.807, 2.05) is 31.2 Å². The van der Waals surface area contributed by atoms with Crippen LogP contribution in [0.25, 0.3) is 0 Å². The van der Waals surface area contributed by atoms with Crippen molar-refractivity contribution in [3.8, 4) is 5.75 Å². The van der Waals surface area contributed by atoms with Gasteiger partial charge in [-0.05, 0) is 50.3 Å². The first-order valence-corrected chi connectivity index (χ1v) is 7.69. The summed E-state index contributed by atoms with van der Waals surface area (Å²) < 4.78 is 5.72. The average Bonchev–Trinajstić information content (AvgIpc) is 2.46. The first kappa shape index (κ1) is 16.3. The van der Waals surface area contributed by atoms with Gasteiger partial charge in [0.15, 0.2) is 6.10 Å². The molecule has 1 aliphatic rings. The van der Waals surface area contributed by atoms with Crippen molar-refractivity contribution in [2.24, 2.45) is 5.92 Å². The van der Waals surface area contributed by atoms with Gasteiger partial charge in [0.05, 0.1) is 0 Å². The summed E-state index contributed by atoms with van der Waals surface area (Å²) >= 11 is 0. The quantitative estimate of drug-likeness (QED) is 0.907. The van der Waals surface area contributed by atoms with E-state index in [-0.39, 0.29) is 18.2 Å². The molecule has 1 N–H and O–H groups in total. The Morgan fingerprint density at radius 1 is 1.36 bits per heavy atom. The Balaban J connectivity index is 1.85. The van der Waals surface area contributed by atoms with E-state index < -0.39 is 12.1 Å². The lowest BCUT2D eigenvalue weighted by Crippen LogP contribution is -2.45. The van der Waals surface area contributed by atoms with Gasteiger partial charge < -0.3 is 14.7 Å². The van der Waals surface area contributed by atoms with Gasteiger partial charge in [0.1, 0.15) is 5.75 Å². The number of piperidine rings is 1. The minimum Gasteiger partial charge on any atom is -0.481 e. The maximum absolute atomic E-state index is 12.4. The van der Waals surface area contributed by atoms with Crippen LogP contribution in [-0.4, -0.2) is 41.1 Å². The number of amides is 1. The van der Waals surface area contributed by atoms with Gasteiger partial charge >= 0.3 is 5.97 Å². The highest BCUT2D eigenvalue weighted by atomic mass is 16.5. The highest BCUT2D eigenvalue weighted by Crippen LogP contribution is 2.22. The number of likely N-dealkylation sites (tertiary alicyclic amines) is 1. The van der Waals surface area contributed by atoms with Crippen LogP contribution >= 0.6 is 0 Å². The minimum atomic E-state index is -0.763. The molecule has 120 valence electrons.